The molecule has 1 aromatic rings. The van der Waals surface area contributed by atoms with E-state index in [1.165, 1.54) is 48.4 Å². The zero-order valence-corrected chi connectivity index (χ0v) is 18.2. The fourth-order valence-electron chi connectivity index (χ4n) is 4.23. The van der Waals surface area contributed by atoms with Crippen molar-refractivity contribution in [1.29, 1.82) is 0 Å². The molecule has 158 valence electrons. The van der Waals surface area contributed by atoms with Crippen molar-refractivity contribution < 1.29 is 4.79 Å². The Morgan fingerprint density at radius 1 is 1.11 bits per heavy atom. The van der Waals surface area contributed by atoms with Gasteiger partial charge in [0.05, 0.1) is 0 Å². The number of nitrogens with zero attached hydrogens (tertiary/aromatic N) is 2. The number of carbonyl (C=O) groups is 1. The molecule has 0 aromatic heterocycles. The number of rotatable bonds is 10. The normalized spacial score (nSPS) is 17.4. The molecule has 2 saturated heterocycles. The van der Waals surface area contributed by atoms with Crippen LogP contribution in [-0.2, 0) is 11.2 Å². The SMILES string of the molecule is Cc1c(NCCN2CCCC2)cc(CCCCC=O)cc1N1CCNCC1.Cl. The monoisotopic (exact) mass is 408 g/mol. The van der Waals surface area contributed by atoms with Crippen LogP contribution in [0.5, 0.6) is 0 Å². The number of anilines is 2. The van der Waals surface area contributed by atoms with Crippen molar-refractivity contribution in [2.75, 3.05) is 62.6 Å². The summed E-state index contributed by atoms with van der Waals surface area (Å²) >= 11 is 0. The Labute approximate surface area is 176 Å². The molecule has 2 N–H and O–H groups in total. The fraction of sp³-hybridized carbons (Fsp3) is 0.682. The molecule has 0 atom stereocenters. The Morgan fingerprint density at radius 2 is 1.86 bits per heavy atom. The van der Waals surface area contributed by atoms with Crippen molar-refractivity contribution in [2.45, 2.75) is 45.4 Å². The summed E-state index contributed by atoms with van der Waals surface area (Å²) in [6.45, 7) is 11.2. The van der Waals surface area contributed by atoms with Crippen LogP contribution >= 0.6 is 12.4 Å². The summed E-state index contributed by atoms with van der Waals surface area (Å²) in [5.74, 6) is 0. The maximum atomic E-state index is 10.6. The standard InChI is InChI=1S/C22H36N4O.ClH/c1-19-21(24-10-13-25-11-4-5-12-25)17-20(7-3-2-6-16-27)18-22(19)26-14-8-23-9-15-26;/h16-18,23-24H,2-15H2,1H3;1H. The second-order valence-electron chi connectivity index (χ2n) is 7.91. The fourth-order valence-corrected chi connectivity index (χ4v) is 4.23. The average molecular weight is 409 g/mol. The number of carbonyl (C=O) groups excluding carboxylic acids is 1. The molecule has 0 spiro atoms. The topological polar surface area (TPSA) is 47.6 Å². The minimum atomic E-state index is 0. The van der Waals surface area contributed by atoms with E-state index in [0.717, 1.165) is 64.8 Å². The van der Waals surface area contributed by atoms with E-state index < -0.39 is 0 Å². The van der Waals surface area contributed by atoms with Gasteiger partial charge in [-0.3, -0.25) is 0 Å². The van der Waals surface area contributed by atoms with Gasteiger partial charge in [-0.2, -0.15) is 0 Å². The summed E-state index contributed by atoms with van der Waals surface area (Å²) in [7, 11) is 0. The predicted molar refractivity (Wildman–Crippen MR) is 121 cm³/mol. The number of hydrogen-bond donors (Lipinski definition) is 2. The average Bonchev–Trinajstić information content (AvgIpc) is 3.21. The number of likely N-dealkylation sites (tertiary alicyclic amines) is 1. The molecule has 6 heteroatoms. The molecule has 2 aliphatic rings. The van der Waals surface area contributed by atoms with Crippen molar-refractivity contribution in [3.63, 3.8) is 0 Å². The molecule has 3 rings (SSSR count). The Balaban J connectivity index is 0.00000280. The molecule has 0 radical (unpaired) electrons. The van der Waals surface area contributed by atoms with Crippen LogP contribution in [0.25, 0.3) is 0 Å². The number of unbranched alkanes of at least 4 members (excludes halogenated alkanes) is 2. The lowest BCUT2D eigenvalue weighted by Crippen LogP contribution is -2.43. The first kappa shape index (κ1) is 23.0. The van der Waals surface area contributed by atoms with Crippen LogP contribution in [0.1, 0.15) is 43.2 Å². The molecule has 0 saturated carbocycles. The summed E-state index contributed by atoms with van der Waals surface area (Å²) < 4.78 is 0. The molecular formula is C22H37ClN4O. The number of hydrogen-bond acceptors (Lipinski definition) is 5. The summed E-state index contributed by atoms with van der Waals surface area (Å²) in [6.07, 6.45) is 7.52. The van der Waals surface area contributed by atoms with Crippen molar-refractivity contribution in [3.05, 3.63) is 23.3 Å². The Hall–Kier alpha value is -1.30. The van der Waals surface area contributed by atoms with Crippen molar-refractivity contribution in [3.8, 4) is 0 Å². The number of halogens is 1. The van der Waals surface area contributed by atoms with E-state index in [2.05, 4.69) is 39.5 Å². The summed E-state index contributed by atoms with van der Waals surface area (Å²) in [5, 5.41) is 7.17. The van der Waals surface area contributed by atoms with Gasteiger partial charge in [-0.1, -0.05) is 0 Å². The van der Waals surface area contributed by atoms with Gasteiger partial charge in [0.2, 0.25) is 0 Å². The van der Waals surface area contributed by atoms with Gasteiger partial charge in [0.1, 0.15) is 6.29 Å². The molecule has 2 aliphatic heterocycles. The molecule has 28 heavy (non-hydrogen) atoms. The molecule has 2 heterocycles. The van der Waals surface area contributed by atoms with Crippen molar-refractivity contribution >= 4 is 30.1 Å². The van der Waals surface area contributed by atoms with Crippen LogP contribution in [-0.4, -0.2) is 63.5 Å². The predicted octanol–water partition coefficient (Wildman–Crippen LogP) is 3.25. The largest absolute Gasteiger partial charge is 0.383 e. The minimum absolute atomic E-state index is 0. The Bertz CT molecular complexity index is 598. The summed E-state index contributed by atoms with van der Waals surface area (Å²) in [6, 6.07) is 4.72. The van der Waals surface area contributed by atoms with Crippen LogP contribution < -0.4 is 15.5 Å². The highest BCUT2D eigenvalue weighted by Gasteiger charge is 2.16. The summed E-state index contributed by atoms with van der Waals surface area (Å²) in [4.78, 5) is 15.7. The van der Waals surface area contributed by atoms with E-state index in [9.17, 15) is 4.79 Å². The molecule has 0 aliphatic carbocycles. The highest BCUT2D eigenvalue weighted by Crippen LogP contribution is 2.30. The lowest BCUT2D eigenvalue weighted by atomic mass is 10.0. The van der Waals surface area contributed by atoms with Gasteiger partial charge < -0.3 is 25.2 Å². The van der Waals surface area contributed by atoms with Crippen molar-refractivity contribution in [2.24, 2.45) is 0 Å². The zero-order chi connectivity index (χ0) is 18.9. The van der Waals surface area contributed by atoms with E-state index in [0.29, 0.717) is 6.42 Å². The van der Waals surface area contributed by atoms with Gasteiger partial charge >= 0.3 is 0 Å². The molecule has 5 nitrogen and oxygen atoms in total. The smallest absolute Gasteiger partial charge is 0.119 e. The Kier molecular flexibility index (Phi) is 10.1. The molecular weight excluding hydrogens is 372 g/mol. The number of nitrogens with one attached hydrogen (secondary N) is 2. The van der Waals surface area contributed by atoms with Gasteiger partial charge in [-0.05, 0) is 75.4 Å². The van der Waals surface area contributed by atoms with Crippen LogP contribution in [0.3, 0.4) is 0 Å². The maximum absolute atomic E-state index is 10.6. The van der Waals surface area contributed by atoms with Crippen LogP contribution in [0, 0.1) is 6.92 Å². The lowest BCUT2D eigenvalue weighted by molar-refractivity contribution is -0.107. The molecule has 2 fully saturated rings. The first-order chi connectivity index (χ1) is 13.3. The number of aldehydes is 1. The van der Waals surface area contributed by atoms with E-state index in [1.54, 1.807) is 0 Å². The second kappa shape index (κ2) is 12.3. The first-order valence-corrected chi connectivity index (χ1v) is 10.8. The second-order valence-corrected chi connectivity index (χ2v) is 7.91. The quantitative estimate of drug-likeness (QED) is 0.459. The molecule has 0 bridgehead atoms. The summed E-state index contributed by atoms with van der Waals surface area (Å²) in [5.41, 5.74) is 5.43. The number of aryl methyl sites for hydroxylation is 1. The van der Waals surface area contributed by atoms with Crippen molar-refractivity contribution in [1.82, 2.24) is 10.2 Å². The van der Waals surface area contributed by atoms with Gasteiger partial charge in [0.25, 0.3) is 0 Å². The van der Waals surface area contributed by atoms with Crippen LogP contribution in [0.4, 0.5) is 11.4 Å². The third-order valence-electron chi connectivity index (χ3n) is 5.88. The van der Waals surface area contributed by atoms with Crippen LogP contribution in [0.2, 0.25) is 0 Å². The van der Waals surface area contributed by atoms with Crippen LogP contribution in [0.15, 0.2) is 12.1 Å². The van der Waals surface area contributed by atoms with E-state index in [4.69, 9.17) is 0 Å². The number of benzene rings is 1. The minimum Gasteiger partial charge on any atom is -0.383 e. The maximum Gasteiger partial charge on any atom is 0.119 e. The third kappa shape index (κ3) is 6.64. The van der Waals surface area contributed by atoms with Gasteiger partial charge in [-0.15, -0.1) is 12.4 Å². The zero-order valence-electron chi connectivity index (χ0n) is 17.3. The van der Waals surface area contributed by atoms with E-state index in [1.807, 2.05) is 0 Å². The van der Waals surface area contributed by atoms with Gasteiger partial charge in [0, 0.05) is 57.1 Å². The number of piperazine rings is 1. The highest BCUT2D eigenvalue weighted by molar-refractivity contribution is 5.85. The lowest BCUT2D eigenvalue weighted by Gasteiger charge is -2.32. The third-order valence-corrected chi connectivity index (χ3v) is 5.88. The van der Waals surface area contributed by atoms with Gasteiger partial charge in [0.15, 0.2) is 0 Å². The Morgan fingerprint density at radius 3 is 2.57 bits per heavy atom. The molecule has 1 aromatic carbocycles. The molecule has 0 unspecified atom stereocenters. The van der Waals surface area contributed by atoms with E-state index in [-0.39, 0.29) is 12.4 Å². The highest BCUT2D eigenvalue weighted by atomic mass is 35.5. The van der Waals surface area contributed by atoms with E-state index >= 15 is 0 Å². The van der Waals surface area contributed by atoms with Gasteiger partial charge in [-0.25, -0.2) is 0 Å². The molecule has 0 amide bonds. The first-order valence-electron chi connectivity index (χ1n) is 10.8.